The number of amides is 1. The largest absolute Gasteiger partial charge is 0.493 e. The van der Waals surface area contributed by atoms with Crippen molar-refractivity contribution in [2.24, 2.45) is 5.18 Å². The number of hydrogen-bond acceptors (Lipinski definition) is 5. The molecule has 2 aromatic rings. The summed E-state index contributed by atoms with van der Waals surface area (Å²) in [7, 11) is 0. The SMILES string of the molecule is O=Nc1c(O)n(CCCCCCC(=O)NO)c2c(Cl)cccc12. The lowest BCUT2D eigenvalue weighted by molar-refractivity contribution is -0.129. The van der Waals surface area contributed by atoms with Gasteiger partial charge in [-0.15, -0.1) is 4.91 Å². The Bertz CT molecular complexity index is 714. The zero-order valence-corrected chi connectivity index (χ0v) is 13.2. The first kappa shape index (κ1) is 17.2. The molecule has 0 atom stereocenters. The van der Waals surface area contributed by atoms with Crippen molar-refractivity contribution in [1.29, 1.82) is 0 Å². The number of nitrogens with zero attached hydrogens (tertiary/aromatic N) is 2. The van der Waals surface area contributed by atoms with Gasteiger partial charge in [-0.1, -0.05) is 36.6 Å². The second kappa shape index (κ2) is 7.94. The van der Waals surface area contributed by atoms with E-state index >= 15 is 0 Å². The monoisotopic (exact) mass is 339 g/mol. The third-order valence-electron chi connectivity index (χ3n) is 3.73. The summed E-state index contributed by atoms with van der Waals surface area (Å²) >= 11 is 6.17. The molecule has 0 unspecified atom stereocenters. The molecule has 1 aromatic heterocycles. The van der Waals surface area contributed by atoms with Crippen LogP contribution in [0.1, 0.15) is 32.1 Å². The second-order valence-corrected chi connectivity index (χ2v) is 5.66. The maximum atomic E-state index is 10.9. The van der Waals surface area contributed by atoms with Crippen molar-refractivity contribution in [2.45, 2.75) is 38.6 Å². The Morgan fingerprint density at radius 1 is 1.26 bits per heavy atom. The van der Waals surface area contributed by atoms with Gasteiger partial charge < -0.3 is 9.67 Å². The number of halogens is 1. The third kappa shape index (κ3) is 3.80. The van der Waals surface area contributed by atoms with Crippen molar-refractivity contribution in [2.75, 3.05) is 0 Å². The zero-order valence-electron chi connectivity index (χ0n) is 12.5. The lowest BCUT2D eigenvalue weighted by Crippen LogP contribution is -2.17. The molecule has 23 heavy (non-hydrogen) atoms. The molecular formula is C15H18ClN3O4. The molecule has 0 aliphatic heterocycles. The van der Waals surface area contributed by atoms with Crippen LogP contribution in [0.4, 0.5) is 5.69 Å². The first-order valence-electron chi connectivity index (χ1n) is 7.36. The topological polar surface area (TPSA) is 104 Å². The molecule has 3 N–H and O–H groups in total. The summed E-state index contributed by atoms with van der Waals surface area (Å²) in [5, 5.41) is 22.4. The van der Waals surface area contributed by atoms with Crippen LogP contribution in [0.15, 0.2) is 23.4 Å². The number of hydroxylamine groups is 1. The summed E-state index contributed by atoms with van der Waals surface area (Å²) < 4.78 is 1.59. The molecule has 0 aliphatic carbocycles. The highest BCUT2D eigenvalue weighted by atomic mass is 35.5. The summed E-state index contributed by atoms with van der Waals surface area (Å²) in [6.07, 6.45) is 3.36. The summed E-state index contributed by atoms with van der Waals surface area (Å²) in [5.74, 6) is -0.574. The number of aromatic nitrogens is 1. The van der Waals surface area contributed by atoms with Gasteiger partial charge in [-0.2, -0.15) is 0 Å². The van der Waals surface area contributed by atoms with E-state index in [2.05, 4.69) is 5.18 Å². The molecule has 0 bridgehead atoms. The van der Waals surface area contributed by atoms with E-state index in [9.17, 15) is 14.8 Å². The molecule has 0 spiro atoms. The lowest BCUT2D eigenvalue weighted by Gasteiger charge is -2.08. The quantitative estimate of drug-likeness (QED) is 0.294. The summed E-state index contributed by atoms with van der Waals surface area (Å²) in [5.41, 5.74) is 2.19. The number of nitrogens with one attached hydrogen (secondary N) is 1. The van der Waals surface area contributed by atoms with Crippen LogP contribution in [0, 0.1) is 4.91 Å². The van der Waals surface area contributed by atoms with Crippen molar-refractivity contribution >= 4 is 34.1 Å². The lowest BCUT2D eigenvalue weighted by atomic mass is 10.1. The number of para-hydroxylation sites is 1. The molecule has 1 heterocycles. The maximum absolute atomic E-state index is 10.9. The Labute approximate surface area is 137 Å². The number of aromatic hydroxyl groups is 1. The first-order valence-corrected chi connectivity index (χ1v) is 7.74. The van der Waals surface area contributed by atoms with E-state index in [0.717, 1.165) is 19.3 Å². The molecule has 1 amide bonds. The molecule has 7 nitrogen and oxygen atoms in total. The van der Waals surface area contributed by atoms with Gasteiger partial charge in [-0.05, 0) is 24.1 Å². The number of benzene rings is 1. The van der Waals surface area contributed by atoms with E-state index in [4.69, 9.17) is 16.8 Å². The fraction of sp³-hybridized carbons (Fsp3) is 0.400. The molecule has 0 saturated carbocycles. The average Bonchev–Trinajstić information content (AvgIpc) is 2.83. The number of carbonyl (C=O) groups excluding carboxylic acids is 1. The van der Waals surface area contributed by atoms with Gasteiger partial charge >= 0.3 is 0 Å². The highest BCUT2D eigenvalue weighted by molar-refractivity contribution is 6.35. The number of nitroso groups, excluding NO2 is 1. The van der Waals surface area contributed by atoms with Crippen molar-refractivity contribution in [3.63, 3.8) is 0 Å². The summed E-state index contributed by atoms with van der Waals surface area (Å²) in [4.78, 5) is 21.8. The fourth-order valence-electron chi connectivity index (χ4n) is 2.61. The molecule has 0 saturated heterocycles. The predicted molar refractivity (Wildman–Crippen MR) is 87.1 cm³/mol. The minimum atomic E-state index is -0.396. The van der Waals surface area contributed by atoms with Crippen LogP contribution in [0.25, 0.3) is 10.9 Å². The van der Waals surface area contributed by atoms with Gasteiger partial charge in [0, 0.05) is 18.4 Å². The van der Waals surface area contributed by atoms with Crippen LogP contribution in [0.5, 0.6) is 5.88 Å². The maximum Gasteiger partial charge on any atom is 0.243 e. The van der Waals surface area contributed by atoms with Gasteiger partial charge in [0.1, 0.15) is 0 Å². The van der Waals surface area contributed by atoms with Gasteiger partial charge in [0.15, 0.2) is 5.69 Å². The number of aryl methyl sites for hydroxylation is 1. The Hall–Kier alpha value is -2.12. The molecular weight excluding hydrogens is 322 g/mol. The highest BCUT2D eigenvalue weighted by Crippen LogP contribution is 2.41. The van der Waals surface area contributed by atoms with Crippen molar-refractivity contribution < 1.29 is 15.1 Å². The van der Waals surface area contributed by atoms with E-state index < -0.39 is 5.91 Å². The first-order chi connectivity index (χ1) is 11.1. The number of rotatable bonds is 8. The molecule has 124 valence electrons. The molecule has 0 fully saturated rings. The Kier molecular flexibility index (Phi) is 5.95. The molecule has 8 heteroatoms. The normalized spacial score (nSPS) is 10.9. The van der Waals surface area contributed by atoms with Gasteiger partial charge in [0.05, 0.1) is 10.5 Å². The van der Waals surface area contributed by atoms with Gasteiger partial charge in [-0.25, -0.2) is 5.48 Å². The van der Waals surface area contributed by atoms with Crippen LogP contribution >= 0.6 is 11.6 Å². The van der Waals surface area contributed by atoms with Crippen LogP contribution < -0.4 is 5.48 Å². The summed E-state index contributed by atoms with van der Waals surface area (Å²) in [6, 6.07) is 5.10. The third-order valence-corrected chi connectivity index (χ3v) is 4.04. The van der Waals surface area contributed by atoms with E-state index in [1.54, 1.807) is 28.2 Å². The van der Waals surface area contributed by atoms with E-state index in [1.807, 2.05) is 0 Å². The number of unbranched alkanes of at least 4 members (excludes halogenated alkanes) is 3. The Balaban J connectivity index is 2.02. The van der Waals surface area contributed by atoms with Gasteiger partial charge in [0.25, 0.3) is 0 Å². The molecule has 0 radical (unpaired) electrons. The molecule has 0 aliphatic rings. The van der Waals surface area contributed by atoms with Crippen LogP contribution in [-0.4, -0.2) is 20.8 Å². The van der Waals surface area contributed by atoms with Crippen molar-refractivity contribution in [1.82, 2.24) is 10.0 Å². The smallest absolute Gasteiger partial charge is 0.243 e. The van der Waals surface area contributed by atoms with Crippen LogP contribution in [0.2, 0.25) is 5.02 Å². The van der Waals surface area contributed by atoms with Crippen LogP contribution in [0.3, 0.4) is 0 Å². The van der Waals surface area contributed by atoms with E-state index in [-0.39, 0.29) is 18.0 Å². The van der Waals surface area contributed by atoms with Crippen molar-refractivity contribution in [3.8, 4) is 5.88 Å². The highest BCUT2D eigenvalue weighted by Gasteiger charge is 2.19. The standard InChI is InChI=1S/C15H18ClN3O4/c16-11-7-5-6-10-13(18-23)15(21)19(14(10)11)9-4-2-1-3-8-12(20)17-22/h5-7,21-22H,1-4,8-9H2,(H,17,20). The number of hydrogen-bond donors (Lipinski definition) is 3. The average molecular weight is 340 g/mol. The fourth-order valence-corrected chi connectivity index (χ4v) is 2.88. The van der Waals surface area contributed by atoms with Gasteiger partial charge in [-0.3, -0.25) is 10.0 Å². The number of carbonyl (C=O) groups is 1. The molecule has 2 rings (SSSR count). The minimum absolute atomic E-state index is 0.00196. The second-order valence-electron chi connectivity index (χ2n) is 5.25. The van der Waals surface area contributed by atoms with E-state index in [0.29, 0.717) is 28.9 Å². The molecule has 1 aromatic carbocycles. The predicted octanol–water partition coefficient (Wildman–Crippen LogP) is 3.85. The summed E-state index contributed by atoms with van der Waals surface area (Å²) in [6.45, 7) is 0.494. The van der Waals surface area contributed by atoms with Crippen molar-refractivity contribution in [3.05, 3.63) is 28.1 Å². The number of fused-ring (bicyclic) bond motifs is 1. The van der Waals surface area contributed by atoms with Gasteiger partial charge in [0.2, 0.25) is 11.8 Å². The minimum Gasteiger partial charge on any atom is -0.493 e. The van der Waals surface area contributed by atoms with Crippen LogP contribution in [-0.2, 0) is 11.3 Å². The zero-order chi connectivity index (χ0) is 16.8. The van der Waals surface area contributed by atoms with E-state index in [1.165, 1.54) is 0 Å². The Morgan fingerprint density at radius 2 is 2.00 bits per heavy atom. The Morgan fingerprint density at radius 3 is 2.70 bits per heavy atom.